The first-order valence-corrected chi connectivity index (χ1v) is 9.57. The zero-order chi connectivity index (χ0) is 16.1. The first kappa shape index (κ1) is 16.1. The molecule has 7 heteroatoms. The second kappa shape index (κ2) is 5.71. The molecule has 0 saturated carbocycles. The third kappa shape index (κ3) is 2.64. The minimum absolute atomic E-state index is 0.0317. The van der Waals surface area contributed by atoms with Gasteiger partial charge >= 0.3 is 0 Å². The van der Waals surface area contributed by atoms with Gasteiger partial charge in [0.25, 0.3) is 10.0 Å². The van der Waals surface area contributed by atoms with E-state index in [1.165, 1.54) is 16.4 Å². The van der Waals surface area contributed by atoms with E-state index in [-0.39, 0.29) is 16.0 Å². The monoisotopic (exact) mass is 419 g/mol. The maximum atomic E-state index is 13.0. The Morgan fingerprint density at radius 3 is 2.64 bits per heavy atom. The van der Waals surface area contributed by atoms with Gasteiger partial charge in [-0.2, -0.15) is 0 Å². The summed E-state index contributed by atoms with van der Waals surface area (Å²) in [5.41, 5.74) is 1.68. The molecule has 0 amide bonds. The highest BCUT2D eigenvalue weighted by molar-refractivity contribution is 9.10. The molecule has 0 saturated heterocycles. The fourth-order valence-electron chi connectivity index (χ4n) is 2.72. The second-order valence-electron chi connectivity index (χ2n) is 5.20. The van der Waals surface area contributed by atoms with Crippen LogP contribution < -0.4 is 4.31 Å². The van der Waals surface area contributed by atoms with Crippen molar-refractivity contribution in [2.45, 2.75) is 24.3 Å². The lowest BCUT2D eigenvalue weighted by molar-refractivity contribution is 0.584. The lowest BCUT2D eigenvalue weighted by Gasteiger charge is -2.25. The Bertz CT molecular complexity index is 855. The molecule has 2 aromatic carbocycles. The highest BCUT2D eigenvalue weighted by Crippen LogP contribution is 2.39. The smallest absolute Gasteiger partial charge is 0.263 e. The molecule has 0 N–H and O–H groups in total. The minimum Gasteiger partial charge on any atom is -0.263 e. The normalized spacial score (nSPS) is 17.6. The third-order valence-corrected chi connectivity index (χ3v) is 6.76. The van der Waals surface area contributed by atoms with Crippen LogP contribution in [0.25, 0.3) is 0 Å². The summed E-state index contributed by atoms with van der Waals surface area (Å²) in [6.45, 7) is 1.88. The van der Waals surface area contributed by atoms with E-state index in [2.05, 4.69) is 15.9 Å². The van der Waals surface area contributed by atoms with Gasteiger partial charge in [-0.1, -0.05) is 39.1 Å². The van der Waals surface area contributed by atoms with Gasteiger partial charge in [0.15, 0.2) is 0 Å². The molecule has 0 radical (unpaired) electrons. The number of halogens is 3. The van der Waals surface area contributed by atoms with Crippen molar-refractivity contribution >= 4 is 54.8 Å². The predicted octanol–water partition coefficient (Wildman–Crippen LogP) is 4.90. The van der Waals surface area contributed by atoms with E-state index in [0.29, 0.717) is 17.1 Å². The number of nitrogens with zero attached hydrogens (tertiary/aromatic N) is 1. The Morgan fingerprint density at radius 1 is 1.18 bits per heavy atom. The second-order valence-corrected chi connectivity index (χ2v) is 8.74. The molecule has 0 aromatic heterocycles. The SMILES string of the molecule is C[C@@H]1Cc2cc(Br)ccc2N1S(=O)(=O)c1cc(Cl)ccc1Cl. The van der Waals surface area contributed by atoms with Crippen molar-refractivity contribution < 1.29 is 8.42 Å². The lowest BCUT2D eigenvalue weighted by Crippen LogP contribution is -2.35. The largest absolute Gasteiger partial charge is 0.266 e. The van der Waals surface area contributed by atoms with E-state index in [1.807, 2.05) is 19.1 Å². The van der Waals surface area contributed by atoms with Gasteiger partial charge in [-0.3, -0.25) is 4.31 Å². The molecule has 1 aliphatic heterocycles. The van der Waals surface area contributed by atoms with Gasteiger partial charge in [0.05, 0.1) is 10.7 Å². The van der Waals surface area contributed by atoms with E-state index < -0.39 is 10.0 Å². The van der Waals surface area contributed by atoms with E-state index in [9.17, 15) is 8.42 Å². The molecule has 0 spiro atoms. The van der Waals surface area contributed by atoms with Crippen LogP contribution in [-0.4, -0.2) is 14.5 Å². The Balaban J connectivity index is 2.16. The molecule has 0 bridgehead atoms. The van der Waals surface area contributed by atoms with E-state index in [0.717, 1.165) is 10.0 Å². The zero-order valence-corrected chi connectivity index (χ0v) is 15.5. The summed E-state index contributed by atoms with van der Waals surface area (Å²) in [6, 6.07) is 9.87. The van der Waals surface area contributed by atoms with E-state index in [4.69, 9.17) is 23.2 Å². The van der Waals surface area contributed by atoms with Crippen LogP contribution in [0, 0.1) is 0 Å². The maximum absolute atomic E-state index is 13.0. The average Bonchev–Trinajstić information content (AvgIpc) is 2.76. The lowest BCUT2D eigenvalue weighted by atomic mass is 10.1. The van der Waals surface area contributed by atoms with Crippen molar-refractivity contribution in [2.75, 3.05) is 4.31 Å². The molecule has 0 fully saturated rings. The summed E-state index contributed by atoms with van der Waals surface area (Å²) in [6.07, 6.45) is 0.659. The van der Waals surface area contributed by atoms with Crippen LogP contribution in [-0.2, 0) is 16.4 Å². The molecule has 1 atom stereocenters. The number of rotatable bonds is 2. The van der Waals surface area contributed by atoms with E-state index >= 15 is 0 Å². The predicted molar refractivity (Wildman–Crippen MR) is 93.4 cm³/mol. The number of hydrogen-bond donors (Lipinski definition) is 0. The van der Waals surface area contributed by atoms with Gasteiger partial charge in [-0.25, -0.2) is 8.42 Å². The number of sulfonamides is 1. The van der Waals surface area contributed by atoms with Gasteiger partial charge in [-0.15, -0.1) is 0 Å². The molecule has 0 unspecified atom stereocenters. The van der Waals surface area contributed by atoms with Gasteiger partial charge in [0.1, 0.15) is 4.90 Å². The molecule has 22 heavy (non-hydrogen) atoms. The van der Waals surface area contributed by atoms with E-state index in [1.54, 1.807) is 12.1 Å². The molecule has 1 aliphatic rings. The maximum Gasteiger partial charge on any atom is 0.266 e. The van der Waals surface area contributed by atoms with Crippen molar-refractivity contribution in [2.24, 2.45) is 0 Å². The van der Waals surface area contributed by atoms with Crippen molar-refractivity contribution in [1.29, 1.82) is 0 Å². The van der Waals surface area contributed by atoms with Crippen molar-refractivity contribution in [3.63, 3.8) is 0 Å². The van der Waals surface area contributed by atoms with Crippen molar-refractivity contribution in [1.82, 2.24) is 0 Å². The molecule has 2 aromatic rings. The van der Waals surface area contributed by atoms with Crippen LogP contribution in [0.5, 0.6) is 0 Å². The molecule has 0 aliphatic carbocycles. The van der Waals surface area contributed by atoms with Crippen LogP contribution >= 0.6 is 39.1 Å². The van der Waals surface area contributed by atoms with Crippen LogP contribution in [0.4, 0.5) is 5.69 Å². The fourth-order valence-corrected chi connectivity index (χ4v) is 5.56. The van der Waals surface area contributed by atoms with Crippen LogP contribution in [0.15, 0.2) is 45.8 Å². The minimum atomic E-state index is -3.77. The summed E-state index contributed by atoms with van der Waals surface area (Å²) < 4.78 is 28.4. The number of fused-ring (bicyclic) bond motifs is 1. The topological polar surface area (TPSA) is 37.4 Å². The van der Waals surface area contributed by atoms with Gasteiger partial charge in [-0.05, 0) is 55.3 Å². The molecule has 3 nitrogen and oxygen atoms in total. The van der Waals surface area contributed by atoms with Crippen LogP contribution in [0.2, 0.25) is 10.0 Å². The number of benzene rings is 2. The summed E-state index contributed by atoms with van der Waals surface area (Å²) in [4.78, 5) is 0.0317. The Kier molecular flexibility index (Phi) is 4.18. The Labute approximate surface area is 148 Å². The quantitative estimate of drug-likeness (QED) is 0.693. The third-order valence-electron chi connectivity index (χ3n) is 3.62. The van der Waals surface area contributed by atoms with Crippen LogP contribution in [0.1, 0.15) is 12.5 Å². The number of anilines is 1. The summed E-state index contributed by atoms with van der Waals surface area (Å²) >= 11 is 15.4. The molecular formula is C15H12BrCl2NO2S. The molecule has 116 valence electrons. The summed E-state index contributed by atoms with van der Waals surface area (Å²) in [5.74, 6) is 0. The molecular weight excluding hydrogens is 409 g/mol. The van der Waals surface area contributed by atoms with Gasteiger partial charge in [0.2, 0.25) is 0 Å². The summed E-state index contributed by atoms with van der Waals surface area (Å²) in [7, 11) is -3.77. The zero-order valence-electron chi connectivity index (χ0n) is 11.6. The molecule has 1 heterocycles. The summed E-state index contributed by atoms with van der Waals surface area (Å²) in [5, 5.41) is 0.507. The van der Waals surface area contributed by atoms with Gasteiger partial charge < -0.3 is 0 Å². The first-order chi connectivity index (χ1) is 10.3. The molecule has 3 rings (SSSR count). The number of hydrogen-bond acceptors (Lipinski definition) is 2. The highest BCUT2D eigenvalue weighted by atomic mass is 79.9. The first-order valence-electron chi connectivity index (χ1n) is 6.58. The van der Waals surface area contributed by atoms with Crippen molar-refractivity contribution in [3.8, 4) is 0 Å². The van der Waals surface area contributed by atoms with Gasteiger partial charge in [0, 0.05) is 15.5 Å². The Hall–Kier alpha value is -0.750. The standard InChI is InChI=1S/C15H12BrCl2NO2S/c1-9-6-10-7-11(16)2-5-14(10)19(9)22(20,21)15-8-12(17)3-4-13(15)18/h2-5,7-9H,6H2,1H3/t9-/m1/s1. The fraction of sp³-hybridized carbons (Fsp3) is 0.200. The average molecular weight is 421 g/mol. The van der Waals surface area contributed by atoms with Crippen LogP contribution in [0.3, 0.4) is 0 Å². The Morgan fingerprint density at radius 2 is 1.91 bits per heavy atom. The van der Waals surface area contributed by atoms with Crippen molar-refractivity contribution in [3.05, 3.63) is 56.5 Å². The highest BCUT2D eigenvalue weighted by Gasteiger charge is 2.37.